The first-order valence-electron chi connectivity index (χ1n) is 8.90. The van der Waals surface area contributed by atoms with Crippen molar-refractivity contribution < 1.29 is 0 Å². The fourth-order valence-electron chi connectivity index (χ4n) is 2.67. The third-order valence-corrected chi connectivity index (χ3v) is 3.97. The Labute approximate surface area is 142 Å². The summed E-state index contributed by atoms with van der Waals surface area (Å²) in [6.07, 6.45) is 4.77. The van der Waals surface area contributed by atoms with Gasteiger partial charge in [0.05, 0.1) is 5.69 Å². The summed E-state index contributed by atoms with van der Waals surface area (Å²) >= 11 is 0. The van der Waals surface area contributed by atoms with Crippen LogP contribution in [0.4, 0.5) is 0 Å². The molecule has 1 unspecified atom stereocenters. The van der Waals surface area contributed by atoms with Crippen LogP contribution in [0.15, 0.2) is 11.1 Å². The number of nitrogens with zero attached hydrogens (tertiary/aromatic N) is 3. The second kappa shape index (κ2) is 10.3. The number of aliphatic imine (C=N–C) groups is 1. The summed E-state index contributed by atoms with van der Waals surface area (Å²) in [5, 5.41) is 11.4. The summed E-state index contributed by atoms with van der Waals surface area (Å²) in [5.74, 6) is 1.68. The van der Waals surface area contributed by atoms with Crippen molar-refractivity contribution in [1.82, 2.24) is 20.4 Å². The third-order valence-electron chi connectivity index (χ3n) is 3.97. The van der Waals surface area contributed by atoms with E-state index in [0.717, 1.165) is 37.1 Å². The normalized spacial score (nSPS) is 13.4. The van der Waals surface area contributed by atoms with Crippen LogP contribution in [-0.2, 0) is 6.54 Å². The molecule has 0 saturated carbocycles. The summed E-state index contributed by atoms with van der Waals surface area (Å²) in [6.45, 7) is 12.8. The van der Waals surface area contributed by atoms with Crippen LogP contribution in [0.25, 0.3) is 0 Å². The van der Waals surface area contributed by atoms with Gasteiger partial charge in [-0.2, -0.15) is 5.10 Å². The molecule has 5 heteroatoms. The van der Waals surface area contributed by atoms with Crippen molar-refractivity contribution in [3.8, 4) is 0 Å². The van der Waals surface area contributed by atoms with E-state index in [1.165, 1.54) is 25.0 Å². The van der Waals surface area contributed by atoms with E-state index in [2.05, 4.69) is 59.2 Å². The van der Waals surface area contributed by atoms with E-state index in [-0.39, 0.29) is 0 Å². The average molecular weight is 322 g/mol. The number of aryl methyl sites for hydroxylation is 3. The van der Waals surface area contributed by atoms with Crippen LogP contribution in [0.2, 0.25) is 0 Å². The van der Waals surface area contributed by atoms with Crippen LogP contribution in [-0.4, -0.2) is 35.4 Å². The second-order valence-electron chi connectivity index (χ2n) is 6.87. The number of rotatable bonds is 9. The Morgan fingerprint density at radius 2 is 1.96 bits per heavy atom. The predicted octanol–water partition coefficient (Wildman–Crippen LogP) is 3.27. The number of nitrogens with one attached hydrogen (secondary N) is 2. The van der Waals surface area contributed by atoms with E-state index in [1.807, 2.05) is 14.0 Å². The van der Waals surface area contributed by atoms with Gasteiger partial charge in [-0.3, -0.25) is 9.67 Å². The number of hydrogen-bond acceptors (Lipinski definition) is 2. The minimum absolute atomic E-state index is 0.455. The van der Waals surface area contributed by atoms with Gasteiger partial charge in [-0.25, -0.2) is 0 Å². The first-order valence-corrected chi connectivity index (χ1v) is 8.90. The molecule has 0 aliphatic heterocycles. The van der Waals surface area contributed by atoms with Gasteiger partial charge in [0.25, 0.3) is 0 Å². The third kappa shape index (κ3) is 8.05. The fourth-order valence-corrected chi connectivity index (χ4v) is 2.67. The SMILES string of the molecule is CN=C(NCCCn1nc(C)cc1C)NC(C)CCCC(C)C. The van der Waals surface area contributed by atoms with Crippen LogP contribution in [0.3, 0.4) is 0 Å². The lowest BCUT2D eigenvalue weighted by molar-refractivity contribution is 0.490. The standard InChI is InChI=1S/C18H35N5/c1-14(2)9-7-10-15(3)21-18(19-6)20-11-8-12-23-17(5)13-16(4)22-23/h13-15H,7-12H2,1-6H3,(H2,19,20,21). The molecule has 2 N–H and O–H groups in total. The maximum Gasteiger partial charge on any atom is 0.191 e. The minimum Gasteiger partial charge on any atom is -0.356 e. The molecule has 1 rings (SSSR count). The highest BCUT2D eigenvalue weighted by Crippen LogP contribution is 2.08. The van der Waals surface area contributed by atoms with Crippen molar-refractivity contribution >= 4 is 5.96 Å². The maximum atomic E-state index is 4.49. The Morgan fingerprint density at radius 3 is 2.52 bits per heavy atom. The molecule has 1 heterocycles. The van der Waals surface area contributed by atoms with E-state index < -0.39 is 0 Å². The first-order chi connectivity index (χ1) is 10.9. The molecule has 0 spiro atoms. The molecule has 0 amide bonds. The molecule has 0 radical (unpaired) electrons. The zero-order valence-electron chi connectivity index (χ0n) is 15.8. The summed E-state index contributed by atoms with van der Waals surface area (Å²) in [4.78, 5) is 4.31. The zero-order chi connectivity index (χ0) is 17.2. The molecule has 0 fully saturated rings. The summed E-state index contributed by atoms with van der Waals surface area (Å²) in [7, 11) is 1.83. The van der Waals surface area contributed by atoms with Gasteiger partial charge in [-0.05, 0) is 45.6 Å². The quantitative estimate of drug-likeness (QED) is 0.417. The average Bonchev–Trinajstić information content (AvgIpc) is 2.79. The molecule has 0 saturated heterocycles. The molecule has 1 aromatic rings. The summed E-state index contributed by atoms with van der Waals surface area (Å²) in [6, 6.07) is 2.57. The van der Waals surface area contributed by atoms with Gasteiger partial charge < -0.3 is 10.6 Å². The molecule has 1 aromatic heterocycles. The second-order valence-corrected chi connectivity index (χ2v) is 6.87. The highest BCUT2D eigenvalue weighted by Gasteiger charge is 2.06. The molecule has 5 nitrogen and oxygen atoms in total. The molecular formula is C18H35N5. The van der Waals surface area contributed by atoms with Crippen LogP contribution in [0.5, 0.6) is 0 Å². The topological polar surface area (TPSA) is 54.2 Å². The highest BCUT2D eigenvalue weighted by molar-refractivity contribution is 5.79. The van der Waals surface area contributed by atoms with Crippen LogP contribution in [0.1, 0.15) is 57.8 Å². The number of hydrogen-bond donors (Lipinski definition) is 2. The lowest BCUT2D eigenvalue weighted by Crippen LogP contribution is -2.42. The van der Waals surface area contributed by atoms with E-state index in [0.29, 0.717) is 6.04 Å². The minimum atomic E-state index is 0.455. The predicted molar refractivity (Wildman–Crippen MR) is 99.0 cm³/mol. The van der Waals surface area contributed by atoms with E-state index in [1.54, 1.807) is 0 Å². The van der Waals surface area contributed by atoms with Crippen molar-refractivity contribution in [2.24, 2.45) is 10.9 Å². The van der Waals surface area contributed by atoms with Crippen molar-refractivity contribution in [2.45, 2.75) is 72.9 Å². The van der Waals surface area contributed by atoms with Crippen LogP contribution < -0.4 is 10.6 Å². The Hall–Kier alpha value is -1.52. The van der Waals surface area contributed by atoms with Gasteiger partial charge in [-0.1, -0.05) is 26.7 Å². The molecule has 0 aromatic carbocycles. The number of guanidine groups is 1. The molecule has 1 atom stereocenters. The van der Waals surface area contributed by atoms with Gasteiger partial charge in [0.2, 0.25) is 0 Å². The first kappa shape index (κ1) is 19.5. The van der Waals surface area contributed by atoms with Gasteiger partial charge in [0.1, 0.15) is 0 Å². The van der Waals surface area contributed by atoms with Crippen molar-refractivity contribution in [1.29, 1.82) is 0 Å². The van der Waals surface area contributed by atoms with Gasteiger partial charge >= 0.3 is 0 Å². The fraction of sp³-hybridized carbons (Fsp3) is 0.778. The van der Waals surface area contributed by atoms with E-state index in [4.69, 9.17) is 0 Å². The van der Waals surface area contributed by atoms with Gasteiger partial charge in [0.15, 0.2) is 5.96 Å². The Balaban J connectivity index is 2.22. The van der Waals surface area contributed by atoms with Crippen molar-refractivity contribution in [3.05, 3.63) is 17.5 Å². The van der Waals surface area contributed by atoms with E-state index in [9.17, 15) is 0 Å². The molecule has 132 valence electrons. The van der Waals surface area contributed by atoms with Crippen molar-refractivity contribution in [2.75, 3.05) is 13.6 Å². The zero-order valence-corrected chi connectivity index (χ0v) is 15.8. The Morgan fingerprint density at radius 1 is 1.22 bits per heavy atom. The highest BCUT2D eigenvalue weighted by atomic mass is 15.3. The summed E-state index contributed by atoms with van der Waals surface area (Å²) in [5.41, 5.74) is 2.31. The molecular weight excluding hydrogens is 286 g/mol. The van der Waals surface area contributed by atoms with Gasteiger partial charge in [-0.15, -0.1) is 0 Å². The monoisotopic (exact) mass is 321 g/mol. The lowest BCUT2D eigenvalue weighted by atomic mass is 10.0. The number of aromatic nitrogens is 2. The smallest absolute Gasteiger partial charge is 0.191 e. The van der Waals surface area contributed by atoms with Crippen molar-refractivity contribution in [3.63, 3.8) is 0 Å². The lowest BCUT2D eigenvalue weighted by Gasteiger charge is -2.18. The van der Waals surface area contributed by atoms with Crippen LogP contribution >= 0.6 is 0 Å². The van der Waals surface area contributed by atoms with Gasteiger partial charge in [0, 0.05) is 31.9 Å². The largest absolute Gasteiger partial charge is 0.356 e. The summed E-state index contributed by atoms with van der Waals surface area (Å²) < 4.78 is 2.07. The molecule has 0 bridgehead atoms. The van der Waals surface area contributed by atoms with Crippen LogP contribution in [0, 0.1) is 19.8 Å². The molecule has 0 aliphatic carbocycles. The van der Waals surface area contributed by atoms with E-state index >= 15 is 0 Å². The molecule has 0 aliphatic rings. The molecule has 23 heavy (non-hydrogen) atoms. The Kier molecular flexibility index (Phi) is 8.74. The maximum absolute atomic E-state index is 4.49. The Bertz CT molecular complexity index is 476.